The van der Waals surface area contributed by atoms with Crippen LogP contribution in [0.1, 0.15) is 114 Å². The number of imide groups is 2. The Bertz CT molecular complexity index is 1000. The second-order valence-corrected chi connectivity index (χ2v) is 11.2. The smallest absolute Gasteiger partial charge is 0.428 e. The molecule has 0 radical (unpaired) electrons. The van der Waals surface area contributed by atoms with Crippen molar-refractivity contribution < 1.29 is 38.8 Å². The molecule has 4 fully saturated rings. The number of hydroxylamine groups is 4. The van der Waals surface area contributed by atoms with Crippen LogP contribution < -0.4 is 5.32 Å². The predicted octanol–water partition coefficient (Wildman–Crippen LogP) is 5.12. The van der Waals surface area contributed by atoms with Gasteiger partial charge in [0.15, 0.2) is 0 Å². The zero-order valence-electron chi connectivity index (χ0n) is 24.7. The van der Waals surface area contributed by atoms with E-state index in [0.717, 1.165) is 30.5 Å². The zero-order chi connectivity index (χ0) is 30.3. The maximum absolute atomic E-state index is 11.4. The molecule has 0 atom stereocenters. The van der Waals surface area contributed by atoms with Crippen molar-refractivity contribution in [2.45, 2.75) is 128 Å². The molecule has 4 aliphatic rings. The first kappa shape index (κ1) is 33.2. The molecule has 2 N–H and O–H groups in total. The van der Waals surface area contributed by atoms with E-state index in [4.69, 9.17) is 9.94 Å². The summed E-state index contributed by atoms with van der Waals surface area (Å²) in [7, 11) is 0. The molecule has 2 aliphatic carbocycles. The van der Waals surface area contributed by atoms with Crippen LogP contribution in [0.4, 0.5) is 4.79 Å². The molecule has 4 amide bonds. The van der Waals surface area contributed by atoms with Crippen molar-refractivity contribution in [1.82, 2.24) is 15.4 Å². The number of amides is 4. The molecular formula is C31H45N3O8. The highest BCUT2D eigenvalue weighted by atomic mass is 16.8. The third-order valence-electron chi connectivity index (χ3n) is 7.80. The molecule has 1 aromatic carbocycles. The lowest BCUT2D eigenvalue weighted by molar-refractivity contribution is -0.177. The van der Waals surface area contributed by atoms with Gasteiger partial charge in [0.2, 0.25) is 0 Å². The van der Waals surface area contributed by atoms with E-state index < -0.39 is 29.8 Å². The van der Waals surface area contributed by atoms with Crippen LogP contribution in [0.5, 0.6) is 0 Å². The summed E-state index contributed by atoms with van der Waals surface area (Å²) in [5, 5.41) is 12.9. The van der Waals surface area contributed by atoms with E-state index in [-0.39, 0.29) is 37.4 Å². The Labute approximate surface area is 247 Å². The van der Waals surface area contributed by atoms with Gasteiger partial charge in [-0.05, 0) is 43.2 Å². The van der Waals surface area contributed by atoms with Crippen LogP contribution in [0.2, 0.25) is 0 Å². The fourth-order valence-corrected chi connectivity index (χ4v) is 5.43. The first-order chi connectivity index (χ1) is 20.3. The van der Waals surface area contributed by atoms with Crippen molar-refractivity contribution in [2.24, 2.45) is 0 Å². The first-order valence-electron chi connectivity index (χ1n) is 15.4. The summed E-state index contributed by atoms with van der Waals surface area (Å²) in [5.74, 6) is -2.06. The van der Waals surface area contributed by atoms with Crippen LogP contribution in [0.15, 0.2) is 24.3 Å². The Morgan fingerprint density at radius 2 is 1.21 bits per heavy atom. The summed E-state index contributed by atoms with van der Waals surface area (Å²) in [6.45, 7) is 2.13. The average molecular weight is 588 g/mol. The monoisotopic (exact) mass is 587 g/mol. The highest BCUT2D eigenvalue weighted by molar-refractivity contribution is 6.01. The van der Waals surface area contributed by atoms with Crippen LogP contribution in [0.25, 0.3) is 0 Å². The van der Waals surface area contributed by atoms with E-state index in [9.17, 15) is 24.0 Å². The van der Waals surface area contributed by atoms with Gasteiger partial charge in [0.1, 0.15) is 6.61 Å². The minimum Gasteiger partial charge on any atom is -0.428 e. The van der Waals surface area contributed by atoms with Gasteiger partial charge in [-0.1, -0.05) is 81.2 Å². The second kappa shape index (κ2) is 17.6. The molecule has 11 nitrogen and oxygen atoms in total. The van der Waals surface area contributed by atoms with Crippen molar-refractivity contribution in [1.29, 1.82) is 0 Å². The van der Waals surface area contributed by atoms with E-state index in [1.54, 1.807) is 0 Å². The number of nitrogens with zero attached hydrogens (tertiary/aromatic N) is 2. The fraction of sp³-hybridized carbons (Fsp3) is 0.645. The number of hydrogen-bond acceptors (Lipinski definition) is 9. The largest absolute Gasteiger partial charge is 0.534 e. The summed E-state index contributed by atoms with van der Waals surface area (Å²) in [5.41, 5.74) is 2.03. The number of benzene rings is 1. The van der Waals surface area contributed by atoms with Gasteiger partial charge >= 0.3 is 6.16 Å². The molecule has 1 aromatic rings. The quantitative estimate of drug-likeness (QED) is 0.252. The number of rotatable bonds is 7. The Morgan fingerprint density at radius 1 is 0.762 bits per heavy atom. The number of ether oxygens (including phenoxy) is 1. The molecule has 0 aromatic heterocycles. The minimum atomic E-state index is -1.06. The first-order valence-corrected chi connectivity index (χ1v) is 15.4. The van der Waals surface area contributed by atoms with Crippen molar-refractivity contribution >= 4 is 29.8 Å². The number of carbonyl (C=O) groups is 5. The standard InChI is InChI=1S/C15H17NO5.C12H23N.C4H5NO3/c1-2-3-11-4-6-12(7-5-11)10-20-15(19)21-16-13(17)8-9-14(16)18;1-3-7-11(8-4-1)13-12-9-5-2-6-10-12;6-3-1-2-4(7)5(3)8/h4-7H,2-3,8-10H2,1H3;11-13H,1-10H2;8H,1-2H2. The van der Waals surface area contributed by atoms with Gasteiger partial charge in [0.05, 0.1) is 0 Å². The lowest BCUT2D eigenvalue weighted by Gasteiger charge is -2.30. The Hall–Kier alpha value is -3.31. The van der Waals surface area contributed by atoms with Crippen molar-refractivity contribution in [3.05, 3.63) is 35.4 Å². The molecule has 2 saturated heterocycles. The number of nitrogens with one attached hydrogen (secondary N) is 1. The summed E-state index contributed by atoms with van der Waals surface area (Å²) in [6.07, 6.45) is 16.0. The Balaban J connectivity index is 0.000000194. The SMILES string of the molecule is C1CCC(NC2CCCCC2)CC1.CCCc1ccc(COC(=O)ON2C(=O)CCC2=O)cc1.O=C1CCC(=O)N1O. The second-order valence-electron chi connectivity index (χ2n) is 11.2. The van der Waals surface area contributed by atoms with Gasteiger partial charge < -0.3 is 10.1 Å². The van der Waals surface area contributed by atoms with Gasteiger partial charge in [-0.3, -0.25) is 29.2 Å². The zero-order valence-corrected chi connectivity index (χ0v) is 24.7. The molecule has 2 heterocycles. The molecule has 2 aliphatic heterocycles. The van der Waals surface area contributed by atoms with E-state index >= 15 is 0 Å². The van der Waals surface area contributed by atoms with E-state index in [1.807, 2.05) is 24.3 Å². The molecule has 42 heavy (non-hydrogen) atoms. The summed E-state index contributed by atoms with van der Waals surface area (Å²) in [6, 6.07) is 9.42. The van der Waals surface area contributed by atoms with Gasteiger partial charge in [0, 0.05) is 37.8 Å². The van der Waals surface area contributed by atoms with Gasteiger partial charge in [0.25, 0.3) is 23.6 Å². The van der Waals surface area contributed by atoms with E-state index in [0.29, 0.717) is 5.06 Å². The van der Waals surface area contributed by atoms with E-state index in [1.165, 1.54) is 69.8 Å². The summed E-state index contributed by atoms with van der Waals surface area (Å²) < 4.78 is 4.88. The Morgan fingerprint density at radius 3 is 1.64 bits per heavy atom. The van der Waals surface area contributed by atoms with Gasteiger partial charge in [-0.25, -0.2) is 4.79 Å². The molecule has 2 saturated carbocycles. The van der Waals surface area contributed by atoms with Gasteiger partial charge in [-0.15, -0.1) is 0 Å². The van der Waals surface area contributed by atoms with Crippen LogP contribution in [0.3, 0.4) is 0 Å². The predicted molar refractivity (Wildman–Crippen MR) is 153 cm³/mol. The average Bonchev–Trinajstić information content (AvgIpc) is 3.48. The molecule has 0 spiro atoms. The fourth-order valence-electron chi connectivity index (χ4n) is 5.43. The lowest BCUT2D eigenvalue weighted by Crippen LogP contribution is -2.40. The molecule has 11 heteroatoms. The number of aryl methyl sites for hydroxylation is 1. The number of hydrogen-bond donors (Lipinski definition) is 2. The molecule has 232 valence electrons. The summed E-state index contributed by atoms with van der Waals surface area (Å²) >= 11 is 0. The Kier molecular flexibility index (Phi) is 13.9. The maximum Gasteiger partial charge on any atom is 0.534 e. The van der Waals surface area contributed by atoms with Crippen LogP contribution >= 0.6 is 0 Å². The summed E-state index contributed by atoms with van der Waals surface area (Å²) in [4.78, 5) is 59.0. The molecule has 0 bridgehead atoms. The minimum absolute atomic E-state index is 0.0292. The normalized spacial score (nSPS) is 19.7. The van der Waals surface area contributed by atoms with Crippen LogP contribution in [-0.2, 0) is 41.8 Å². The maximum atomic E-state index is 11.4. The van der Waals surface area contributed by atoms with Crippen molar-refractivity contribution in [2.75, 3.05) is 0 Å². The van der Waals surface area contributed by atoms with Crippen molar-refractivity contribution in [3.63, 3.8) is 0 Å². The third-order valence-corrected chi connectivity index (χ3v) is 7.80. The lowest BCUT2D eigenvalue weighted by atomic mass is 9.91. The topological polar surface area (TPSA) is 143 Å². The van der Waals surface area contributed by atoms with E-state index in [2.05, 4.69) is 17.1 Å². The molecular weight excluding hydrogens is 542 g/mol. The van der Waals surface area contributed by atoms with Gasteiger partial charge in [-0.2, -0.15) is 5.06 Å². The van der Waals surface area contributed by atoms with Crippen LogP contribution in [0, 0.1) is 0 Å². The highest BCUT2D eigenvalue weighted by Gasteiger charge is 2.33. The van der Waals surface area contributed by atoms with Crippen molar-refractivity contribution in [3.8, 4) is 0 Å². The van der Waals surface area contributed by atoms with Crippen LogP contribution in [-0.4, -0.2) is 57.2 Å². The molecule has 0 unspecified atom stereocenters. The third kappa shape index (κ3) is 11.2. The number of carbonyl (C=O) groups excluding carboxylic acids is 5. The molecule has 5 rings (SSSR count). The highest BCUT2D eigenvalue weighted by Crippen LogP contribution is 2.22.